The highest BCUT2D eigenvalue weighted by Crippen LogP contribution is 2.30. The van der Waals surface area contributed by atoms with Crippen LogP contribution in [-0.4, -0.2) is 24.1 Å². The van der Waals surface area contributed by atoms with Crippen molar-refractivity contribution in [3.63, 3.8) is 0 Å². The number of aromatic nitrogens is 1. The molecule has 1 heterocycles. The number of nitriles is 1. The summed E-state index contributed by atoms with van der Waals surface area (Å²) in [7, 11) is 3.34. The highest BCUT2D eigenvalue weighted by atomic mass is 16.6. The number of hydrogen-bond acceptors (Lipinski definition) is 7. The lowest BCUT2D eigenvalue weighted by Crippen LogP contribution is -2.19. The van der Waals surface area contributed by atoms with E-state index in [1.165, 1.54) is 6.07 Å². The average molecular weight is 404 g/mol. The molecule has 0 N–H and O–H groups in total. The topological polar surface area (TPSA) is 102 Å². The third-order valence-corrected chi connectivity index (χ3v) is 4.43. The minimum atomic E-state index is -0.573. The minimum Gasteiger partial charge on any atom is -0.493 e. The highest BCUT2D eigenvalue weighted by Gasteiger charge is 2.16. The fourth-order valence-electron chi connectivity index (χ4n) is 2.95. The first-order valence-electron chi connectivity index (χ1n) is 9.11. The number of nitro groups is 1. The van der Waals surface area contributed by atoms with Crippen molar-refractivity contribution >= 4 is 11.5 Å². The molecule has 3 rings (SSSR count). The molecule has 0 bridgehead atoms. The van der Waals surface area contributed by atoms with Crippen LogP contribution in [-0.2, 0) is 13.2 Å². The zero-order valence-corrected chi connectivity index (χ0v) is 16.6. The van der Waals surface area contributed by atoms with Gasteiger partial charge in [-0.2, -0.15) is 5.26 Å². The van der Waals surface area contributed by atoms with Crippen molar-refractivity contribution < 1.29 is 14.4 Å². The van der Waals surface area contributed by atoms with Crippen molar-refractivity contribution in [2.75, 3.05) is 19.1 Å². The Morgan fingerprint density at radius 3 is 2.57 bits per heavy atom. The first-order valence-corrected chi connectivity index (χ1v) is 9.11. The van der Waals surface area contributed by atoms with Crippen molar-refractivity contribution in [3.05, 3.63) is 87.6 Å². The molecule has 8 heteroatoms. The normalized spacial score (nSPS) is 10.2. The van der Waals surface area contributed by atoms with Gasteiger partial charge in [0.1, 0.15) is 30.3 Å². The van der Waals surface area contributed by atoms with E-state index in [-0.39, 0.29) is 11.3 Å². The van der Waals surface area contributed by atoms with Crippen molar-refractivity contribution in [1.82, 2.24) is 4.98 Å². The largest absolute Gasteiger partial charge is 0.493 e. The number of pyridine rings is 1. The van der Waals surface area contributed by atoms with Gasteiger partial charge in [0.15, 0.2) is 11.5 Å². The summed E-state index contributed by atoms with van der Waals surface area (Å²) in [6.45, 7) is 0.851. The SMILES string of the molecule is COc1cc(CN(C)c2ncc([N+](=O)[O-])cc2C#N)ccc1OCc1ccccc1. The molecule has 0 saturated carbocycles. The molecule has 30 heavy (non-hydrogen) atoms. The van der Waals surface area contributed by atoms with E-state index in [0.717, 1.165) is 17.3 Å². The van der Waals surface area contributed by atoms with Gasteiger partial charge in [-0.1, -0.05) is 36.4 Å². The average Bonchev–Trinajstić information content (AvgIpc) is 2.78. The van der Waals surface area contributed by atoms with E-state index in [1.807, 2.05) is 54.6 Å². The van der Waals surface area contributed by atoms with Crippen LogP contribution in [0.4, 0.5) is 11.5 Å². The van der Waals surface area contributed by atoms with Crippen molar-refractivity contribution in [1.29, 1.82) is 5.26 Å². The molecule has 0 amide bonds. The lowest BCUT2D eigenvalue weighted by Gasteiger charge is -2.20. The molecule has 152 valence electrons. The van der Waals surface area contributed by atoms with E-state index in [9.17, 15) is 15.4 Å². The van der Waals surface area contributed by atoms with Crippen LogP contribution in [0.3, 0.4) is 0 Å². The summed E-state index contributed by atoms with van der Waals surface area (Å²) < 4.78 is 11.3. The fraction of sp³-hybridized carbons (Fsp3) is 0.182. The van der Waals surface area contributed by atoms with Crippen LogP contribution in [0.2, 0.25) is 0 Å². The Morgan fingerprint density at radius 2 is 1.90 bits per heavy atom. The van der Waals surface area contributed by atoms with Gasteiger partial charge in [-0.3, -0.25) is 10.1 Å². The summed E-state index contributed by atoms with van der Waals surface area (Å²) in [5.41, 5.74) is 1.88. The maximum absolute atomic E-state index is 10.9. The Balaban J connectivity index is 1.75. The lowest BCUT2D eigenvalue weighted by molar-refractivity contribution is -0.385. The van der Waals surface area contributed by atoms with Crippen LogP contribution in [0.15, 0.2) is 60.8 Å². The monoisotopic (exact) mass is 404 g/mol. The fourth-order valence-corrected chi connectivity index (χ4v) is 2.95. The highest BCUT2D eigenvalue weighted by molar-refractivity contribution is 5.57. The summed E-state index contributed by atoms with van der Waals surface area (Å²) in [6, 6.07) is 18.6. The Kier molecular flexibility index (Phi) is 6.45. The number of nitrogens with zero attached hydrogens (tertiary/aromatic N) is 4. The molecule has 8 nitrogen and oxygen atoms in total. The van der Waals surface area contributed by atoms with Crippen LogP contribution in [0.1, 0.15) is 16.7 Å². The molecule has 0 radical (unpaired) electrons. The van der Waals surface area contributed by atoms with Gasteiger partial charge in [-0.25, -0.2) is 4.98 Å². The molecule has 0 aliphatic heterocycles. The van der Waals surface area contributed by atoms with E-state index in [2.05, 4.69) is 4.98 Å². The standard InChI is InChI=1S/C22H20N4O4/c1-25(22-18(12-23)11-19(13-24-22)26(27)28)14-17-8-9-20(21(10-17)29-2)30-15-16-6-4-3-5-7-16/h3-11,13H,14-15H2,1-2H3. The summed E-state index contributed by atoms with van der Waals surface area (Å²) in [4.78, 5) is 16.2. The van der Waals surface area contributed by atoms with Crippen LogP contribution in [0.25, 0.3) is 0 Å². The van der Waals surface area contributed by atoms with E-state index in [0.29, 0.717) is 30.5 Å². The van der Waals surface area contributed by atoms with Gasteiger partial charge in [0.2, 0.25) is 0 Å². The summed E-state index contributed by atoms with van der Waals surface area (Å²) in [5.74, 6) is 1.58. The van der Waals surface area contributed by atoms with Crippen LogP contribution in [0, 0.1) is 21.4 Å². The maximum Gasteiger partial charge on any atom is 0.289 e. The predicted molar refractivity (Wildman–Crippen MR) is 111 cm³/mol. The van der Waals surface area contributed by atoms with Crippen molar-refractivity contribution in [3.8, 4) is 17.6 Å². The first kappa shape index (κ1) is 20.6. The molecule has 0 unspecified atom stereocenters. The van der Waals surface area contributed by atoms with Gasteiger partial charge in [-0.15, -0.1) is 0 Å². The summed E-state index contributed by atoms with van der Waals surface area (Å²) in [6.07, 6.45) is 1.15. The summed E-state index contributed by atoms with van der Waals surface area (Å²) >= 11 is 0. The van der Waals surface area contributed by atoms with Gasteiger partial charge >= 0.3 is 0 Å². The molecule has 0 fully saturated rings. The molecule has 0 aliphatic carbocycles. The second kappa shape index (κ2) is 9.39. The Labute approximate surface area is 174 Å². The smallest absolute Gasteiger partial charge is 0.289 e. The van der Waals surface area contributed by atoms with Crippen molar-refractivity contribution in [2.24, 2.45) is 0 Å². The van der Waals surface area contributed by atoms with E-state index >= 15 is 0 Å². The Hall–Kier alpha value is -4.12. The zero-order valence-electron chi connectivity index (χ0n) is 16.6. The van der Waals surface area contributed by atoms with E-state index in [1.54, 1.807) is 19.1 Å². The van der Waals surface area contributed by atoms with Gasteiger partial charge in [-0.05, 0) is 23.3 Å². The third-order valence-electron chi connectivity index (χ3n) is 4.43. The van der Waals surface area contributed by atoms with Crippen LogP contribution in [0.5, 0.6) is 11.5 Å². The quantitative estimate of drug-likeness (QED) is 0.412. The molecular formula is C22H20N4O4. The molecule has 0 saturated heterocycles. The zero-order chi connectivity index (χ0) is 21.5. The number of methoxy groups -OCH3 is 1. The minimum absolute atomic E-state index is 0.140. The molecular weight excluding hydrogens is 384 g/mol. The first-order chi connectivity index (χ1) is 14.5. The molecule has 1 aromatic heterocycles. The number of ether oxygens (including phenoxy) is 2. The molecule has 3 aromatic rings. The molecule has 2 aromatic carbocycles. The number of anilines is 1. The molecule has 0 spiro atoms. The van der Waals surface area contributed by atoms with Crippen molar-refractivity contribution in [2.45, 2.75) is 13.2 Å². The second-order valence-corrected chi connectivity index (χ2v) is 6.55. The van der Waals surface area contributed by atoms with Gasteiger partial charge < -0.3 is 14.4 Å². The second-order valence-electron chi connectivity index (χ2n) is 6.55. The number of rotatable bonds is 8. The number of benzene rings is 2. The lowest BCUT2D eigenvalue weighted by atomic mass is 10.1. The maximum atomic E-state index is 10.9. The van der Waals surface area contributed by atoms with E-state index in [4.69, 9.17) is 9.47 Å². The Morgan fingerprint density at radius 1 is 1.13 bits per heavy atom. The van der Waals surface area contributed by atoms with Crippen LogP contribution < -0.4 is 14.4 Å². The molecule has 0 atom stereocenters. The Bertz CT molecular complexity index is 1080. The van der Waals surface area contributed by atoms with E-state index < -0.39 is 4.92 Å². The van der Waals surface area contributed by atoms with Gasteiger partial charge in [0.25, 0.3) is 5.69 Å². The predicted octanol–water partition coefficient (Wildman–Crippen LogP) is 4.09. The molecule has 0 aliphatic rings. The van der Waals surface area contributed by atoms with Gasteiger partial charge in [0, 0.05) is 19.7 Å². The third kappa shape index (κ3) is 4.83. The number of hydrogen-bond donors (Lipinski definition) is 0. The van der Waals surface area contributed by atoms with Crippen LogP contribution >= 0.6 is 0 Å². The summed E-state index contributed by atoms with van der Waals surface area (Å²) in [5, 5.41) is 20.2. The van der Waals surface area contributed by atoms with Gasteiger partial charge in [0.05, 0.1) is 12.0 Å².